The Kier molecular flexibility index (Phi) is 4.07. The molecular formula is C17H22N2O. The van der Waals surface area contributed by atoms with Crippen LogP contribution < -0.4 is 4.90 Å². The molecule has 1 aromatic heterocycles. The standard InChI is InChI=1S/C17H22N2O/c1-18(12-16-8-10-20-14-16)11-15-7-9-19(13-15)17-5-3-2-4-6-17/h2-6,8,10,14-15H,7,9,11-13H2,1H3/t15-/m1/s1. The molecule has 0 bridgehead atoms. The lowest BCUT2D eigenvalue weighted by Crippen LogP contribution is -2.27. The van der Waals surface area contributed by atoms with Crippen molar-refractivity contribution >= 4 is 5.69 Å². The summed E-state index contributed by atoms with van der Waals surface area (Å²) in [6.07, 6.45) is 4.86. The van der Waals surface area contributed by atoms with E-state index in [0.717, 1.165) is 19.0 Å². The van der Waals surface area contributed by atoms with Gasteiger partial charge in [0.25, 0.3) is 0 Å². The molecule has 20 heavy (non-hydrogen) atoms. The summed E-state index contributed by atoms with van der Waals surface area (Å²) in [5.41, 5.74) is 2.61. The van der Waals surface area contributed by atoms with Crippen LogP contribution in [0.2, 0.25) is 0 Å². The van der Waals surface area contributed by atoms with Crippen LogP contribution in [0.25, 0.3) is 0 Å². The van der Waals surface area contributed by atoms with E-state index in [-0.39, 0.29) is 0 Å². The van der Waals surface area contributed by atoms with E-state index in [1.54, 1.807) is 6.26 Å². The zero-order chi connectivity index (χ0) is 13.8. The van der Waals surface area contributed by atoms with E-state index in [0.29, 0.717) is 0 Å². The van der Waals surface area contributed by atoms with Crippen molar-refractivity contribution in [2.24, 2.45) is 5.92 Å². The van der Waals surface area contributed by atoms with Crippen LogP contribution in [0.3, 0.4) is 0 Å². The van der Waals surface area contributed by atoms with Crippen LogP contribution >= 0.6 is 0 Å². The van der Waals surface area contributed by atoms with E-state index >= 15 is 0 Å². The third-order valence-electron chi connectivity index (χ3n) is 4.01. The number of para-hydroxylation sites is 1. The summed E-state index contributed by atoms with van der Waals surface area (Å²) < 4.78 is 5.13. The third-order valence-corrected chi connectivity index (χ3v) is 4.01. The smallest absolute Gasteiger partial charge is 0.0947 e. The molecule has 0 spiro atoms. The molecule has 0 aliphatic carbocycles. The second-order valence-electron chi connectivity index (χ2n) is 5.76. The van der Waals surface area contributed by atoms with Crippen molar-refractivity contribution in [2.45, 2.75) is 13.0 Å². The molecule has 1 aromatic carbocycles. The minimum Gasteiger partial charge on any atom is -0.472 e. The van der Waals surface area contributed by atoms with E-state index in [1.165, 1.54) is 30.8 Å². The van der Waals surface area contributed by atoms with Gasteiger partial charge in [-0.05, 0) is 37.6 Å². The van der Waals surface area contributed by atoms with Crippen molar-refractivity contribution in [3.8, 4) is 0 Å². The fraction of sp³-hybridized carbons (Fsp3) is 0.412. The number of nitrogens with zero attached hydrogens (tertiary/aromatic N) is 2. The number of hydrogen-bond acceptors (Lipinski definition) is 3. The van der Waals surface area contributed by atoms with Crippen LogP contribution in [-0.2, 0) is 6.54 Å². The maximum absolute atomic E-state index is 5.13. The molecule has 0 amide bonds. The van der Waals surface area contributed by atoms with E-state index < -0.39 is 0 Å². The highest BCUT2D eigenvalue weighted by Gasteiger charge is 2.23. The monoisotopic (exact) mass is 270 g/mol. The van der Waals surface area contributed by atoms with Crippen molar-refractivity contribution in [1.29, 1.82) is 0 Å². The lowest BCUT2D eigenvalue weighted by molar-refractivity contribution is 0.278. The second kappa shape index (κ2) is 6.14. The highest BCUT2D eigenvalue weighted by Crippen LogP contribution is 2.24. The average molecular weight is 270 g/mol. The van der Waals surface area contributed by atoms with Crippen molar-refractivity contribution in [2.75, 3.05) is 31.6 Å². The molecule has 2 heterocycles. The lowest BCUT2D eigenvalue weighted by Gasteiger charge is -2.22. The third kappa shape index (κ3) is 3.23. The first-order chi connectivity index (χ1) is 9.81. The number of furan rings is 1. The maximum Gasteiger partial charge on any atom is 0.0947 e. The summed E-state index contributed by atoms with van der Waals surface area (Å²) in [6.45, 7) is 4.46. The minimum atomic E-state index is 0.757. The van der Waals surface area contributed by atoms with Gasteiger partial charge in [-0.2, -0.15) is 0 Å². The summed E-state index contributed by atoms with van der Waals surface area (Å²) in [5.74, 6) is 0.757. The highest BCUT2D eigenvalue weighted by molar-refractivity contribution is 5.46. The van der Waals surface area contributed by atoms with E-state index in [9.17, 15) is 0 Å². The van der Waals surface area contributed by atoms with Gasteiger partial charge in [0.15, 0.2) is 0 Å². The van der Waals surface area contributed by atoms with Gasteiger partial charge in [-0.3, -0.25) is 0 Å². The van der Waals surface area contributed by atoms with Gasteiger partial charge in [0.2, 0.25) is 0 Å². The first kappa shape index (κ1) is 13.3. The Morgan fingerprint density at radius 3 is 2.85 bits per heavy atom. The molecule has 1 saturated heterocycles. The SMILES string of the molecule is CN(Cc1ccoc1)C[C@H]1CCN(c2ccccc2)C1. The van der Waals surface area contributed by atoms with E-state index in [2.05, 4.69) is 47.2 Å². The largest absolute Gasteiger partial charge is 0.472 e. The Morgan fingerprint density at radius 1 is 1.25 bits per heavy atom. The molecule has 1 aliphatic heterocycles. The van der Waals surface area contributed by atoms with Gasteiger partial charge < -0.3 is 14.2 Å². The Hall–Kier alpha value is -1.74. The molecule has 0 unspecified atom stereocenters. The Balaban J connectivity index is 1.50. The van der Waals surface area contributed by atoms with Crippen LogP contribution in [-0.4, -0.2) is 31.6 Å². The van der Waals surface area contributed by atoms with Crippen molar-refractivity contribution in [3.63, 3.8) is 0 Å². The molecular weight excluding hydrogens is 248 g/mol. The molecule has 1 atom stereocenters. The molecule has 3 heteroatoms. The zero-order valence-electron chi connectivity index (χ0n) is 12.0. The van der Waals surface area contributed by atoms with Gasteiger partial charge in [0.05, 0.1) is 12.5 Å². The fourth-order valence-electron chi connectivity index (χ4n) is 3.05. The minimum absolute atomic E-state index is 0.757. The maximum atomic E-state index is 5.13. The number of rotatable bonds is 5. The summed E-state index contributed by atoms with van der Waals surface area (Å²) in [4.78, 5) is 4.89. The van der Waals surface area contributed by atoms with Gasteiger partial charge in [-0.15, -0.1) is 0 Å². The highest BCUT2D eigenvalue weighted by atomic mass is 16.3. The van der Waals surface area contributed by atoms with Crippen molar-refractivity contribution < 1.29 is 4.42 Å². The topological polar surface area (TPSA) is 19.6 Å². The first-order valence-electron chi connectivity index (χ1n) is 7.31. The van der Waals surface area contributed by atoms with Crippen LogP contribution in [0.15, 0.2) is 53.3 Å². The van der Waals surface area contributed by atoms with Crippen LogP contribution in [0.1, 0.15) is 12.0 Å². The summed E-state index contributed by atoms with van der Waals surface area (Å²) in [6, 6.07) is 12.8. The molecule has 1 aliphatic rings. The molecule has 0 N–H and O–H groups in total. The normalized spacial score (nSPS) is 18.9. The van der Waals surface area contributed by atoms with E-state index in [4.69, 9.17) is 4.42 Å². The van der Waals surface area contributed by atoms with Crippen molar-refractivity contribution in [1.82, 2.24) is 4.90 Å². The van der Waals surface area contributed by atoms with Gasteiger partial charge in [-0.1, -0.05) is 18.2 Å². The van der Waals surface area contributed by atoms with Gasteiger partial charge in [0.1, 0.15) is 0 Å². The molecule has 1 fully saturated rings. The Labute approximate surface area is 120 Å². The first-order valence-corrected chi connectivity index (χ1v) is 7.31. The number of benzene rings is 1. The van der Waals surface area contributed by atoms with Crippen LogP contribution in [0.5, 0.6) is 0 Å². The molecule has 106 valence electrons. The lowest BCUT2D eigenvalue weighted by atomic mass is 10.1. The molecule has 0 radical (unpaired) electrons. The predicted octanol–water partition coefficient (Wildman–Crippen LogP) is 3.24. The molecule has 3 nitrogen and oxygen atoms in total. The van der Waals surface area contributed by atoms with Gasteiger partial charge in [0, 0.05) is 37.4 Å². The quantitative estimate of drug-likeness (QED) is 0.831. The van der Waals surface area contributed by atoms with Crippen LogP contribution in [0, 0.1) is 5.92 Å². The average Bonchev–Trinajstić information content (AvgIpc) is 3.11. The fourth-order valence-corrected chi connectivity index (χ4v) is 3.05. The van der Waals surface area contributed by atoms with Gasteiger partial charge >= 0.3 is 0 Å². The van der Waals surface area contributed by atoms with Crippen molar-refractivity contribution in [3.05, 3.63) is 54.5 Å². The molecule has 0 saturated carbocycles. The second-order valence-corrected chi connectivity index (χ2v) is 5.76. The zero-order valence-corrected chi connectivity index (χ0v) is 12.0. The predicted molar refractivity (Wildman–Crippen MR) is 81.8 cm³/mol. The Morgan fingerprint density at radius 2 is 2.10 bits per heavy atom. The summed E-state index contributed by atoms with van der Waals surface area (Å²) >= 11 is 0. The van der Waals surface area contributed by atoms with Gasteiger partial charge in [-0.25, -0.2) is 0 Å². The molecule has 3 rings (SSSR count). The number of anilines is 1. The number of hydrogen-bond donors (Lipinski definition) is 0. The van der Waals surface area contributed by atoms with Crippen LogP contribution in [0.4, 0.5) is 5.69 Å². The Bertz CT molecular complexity index is 509. The summed E-state index contributed by atoms with van der Waals surface area (Å²) in [5, 5.41) is 0. The summed E-state index contributed by atoms with van der Waals surface area (Å²) in [7, 11) is 2.19. The molecule has 2 aromatic rings. The van der Waals surface area contributed by atoms with E-state index in [1.807, 2.05) is 12.3 Å².